The van der Waals surface area contributed by atoms with Gasteiger partial charge in [0.25, 0.3) is 5.91 Å². The van der Waals surface area contributed by atoms with Crippen LogP contribution < -0.4 is 10.6 Å². The summed E-state index contributed by atoms with van der Waals surface area (Å²) in [7, 11) is 0. The molecule has 3 rings (SSSR count). The van der Waals surface area contributed by atoms with Crippen molar-refractivity contribution in [3.05, 3.63) is 40.4 Å². The van der Waals surface area contributed by atoms with E-state index >= 15 is 0 Å². The number of carbonyl (C=O) groups is 1. The largest absolute Gasteiger partial charge is 0.508 e. The van der Waals surface area contributed by atoms with Crippen LogP contribution in [0.25, 0.3) is 0 Å². The molecule has 1 aliphatic rings. The first-order valence-corrected chi connectivity index (χ1v) is 6.84. The van der Waals surface area contributed by atoms with Gasteiger partial charge in [-0.05, 0) is 24.3 Å². The van der Waals surface area contributed by atoms with Crippen molar-refractivity contribution in [2.45, 2.75) is 13.0 Å². The van der Waals surface area contributed by atoms with Crippen molar-refractivity contribution in [2.75, 3.05) is 11.9 Å². The van der Waals surface area contributed by atoms with Crippen molar-refractivity contribution >= 4 is 22.4 Å². The lowest BCUT2D eigenvalue weighted by Gasteiger charge is -2.09. The highest BCUT2D eigenvalue weighted by atomic mass is 32.1. The summed E-state index contributed by atoms with van der Waals surface area (Å²) in [4.78, 5) is 17.6. The fourth-order valence-corrected chi connectivity index (χ4v) is 2.93. The minimum atomic E-state index is -0.209. The summed E-state index contributed by atoms with van der Waals surface area (Å²) in [6.45, 7) is 1.75. The molecule has 0 aliphatic carbocycles. The second-order valence-electron chi connectivity index (χ2n) is 4.32. The van der Waals surface area contributed by atoms with Crippen molar-refractivity contribution in [1.29, 1.82) is 0 Å². The molecule has 98 valence electrons. The number of phenolic OH excluding ortho intramolecular Hbond substituents is 1. The second-order valence-corrected chi connectivity index (χ2v) is 5.40. The number of hydrogen-bond donors (Lipinski definition) is 3. The summed E-state index contributed by atoms with van der Waals surface area (Å²) >= 11 is 1.51. The van der Waals surface area contributed by atoms with Crippen molar-refractivity contribution < 1.29 is 9.90 Å². The normalized spacial score (nSPS) is 13.9. The Kier molecular flexibility index (Phi) is 3.18. The van der Waals surface area contributed by atoms with Crippen LogP contribution in [0.15, 0.2) is 24.3 Å². The molecule has 1 aliphatic heterocycles. The first-order chi connectivity index (χ1) is 9.22. The Balaban J connectivity index is 1.75. The van der Waals surface area contributed by atoms with Crippen LogP contribution in [-0.2, 0) is 13.0 Å². The molecule has 0 bridgehead atoms. The lowest BCUT2D eigenvalue weighted by Crippen LogP contribution is -2.22. The van der Waals surface area contributed by atoms with Gasteiger partial charge in [0.05, 0.1) is 5.69 Å². The number of benzene rings is 1. The summed E-state index contributed by atoms with van der Waals surface area (Å²) in [6.07, 6.45) is 0.904. The highest BCUT2D eigenvalue weighted by Gasteiger charge is 2.16. The van der Waals surface area contributed by atoms with E-state index in [0.717, 1.165) is 25.2 Å². The second kappa shape index (κ2) is 4.99. The molecule has 0 spiro atoms. The average Bonchev–Trinajstić information content (AvgIpc) is 2.81. The molecule has 3 N–H and O–H groups in total. The molecule has 0 atom stereocenters. The number of aromatic nitrogens is 1. The smallest absolute Gasteiger partial charge is 0.257 e. The van der Waals surface area contributed by atoms with Crippen LogP contribution in [0.4, 0.5) is 5.13 Å². The van der Waals surface area contributed by atoms with Gasteiger partial charge < -0.3 is 10.4 Å². The van der Waals surface area contributed by atoms with Gasteiger partial charge in [0.2, 0.25) is 0 Å². The van der Waals surface area contributed by atoms with Crippen molar-refractivity contribution in [1.82, 2.24) is 10.3 Å². The molecule has 0 saturated heterocycles. The molecule has 1 aromatic heterocycles. The summed E-state index contributed by atoms with van der Waals surface area (Å²) < 4.78 is 0. The van der Waals surface area contributed by atoms with E-state index in [2.05, 4.69) is 15.6 Å². The molecule has 6 heteroatoms. The third-order valence-electron chi connectivity index (χ3n) is 2.95. The van der Waals surface area contributed by atoms with Gasteiger partial charge >= 0.3 is 0 Å². The number of amides is 1. The summed E-state index contributed by atoms with van der Waals surface area (Å²) in [5, 5.41) is 15.9. The molecule has 0 unspecified atom stereocenters. The zero-order valence-corrected chi connectivity index (χ0v) is 11.0. The lowest BCUT2D eigenvalue weighted by molar-refractivity contribution is 0.102. The summed E-state index contributed by atoms with van der Waals surface area (Å²) in [6, 6.07) is 6.15. The number of aromatic hydroxyl groups is 1. The van der Waals surface area contributed by atoms with E-state index in [0.29, 0.717) is 10.7 Å². The third-order valence-corrected chi connectivity index (χ3v) is 3.97. The van der Waals surface area contributed by atoms with E-state index in [-0.39, 0.29) is 11.7 Å². The van der Waals surface area contributed by atoms with Crippen LogP contribution >= 0.6 is 11.3 Å². The average molecular weight is 275 g/mol. The Morgan fingerprint density at radius 2 is 2.16 bits per heavy atom. The molecule has 0 radical (unpaired) electrons. The maximum atomic E-state index is 12.0. The maximum Gasteiger partial charge on any atom is 0.257 e. The number of thiazole rings is 1. The molecule has 2 heterocycles. The summed E-state index contributed by atoms with van der Waals surface area (Å²) in [5.41, 5.74) is 1.58. The van der Waals surface area contributed by atoms with Crippen molar-refractivity contribution in [3.8, 4) is 5.75 Å². The third kappa shape index (κ3) is 2.59. The van der Waals surface area contributed by atoms with Gasteiger partial charge in [0, 0.05) is 30.0 Å². The Bertz CT molecular complexity index is 583. The summed E-state index contributed by atoms with van der Waals surface area (Å²) in [5.74, 6) is -0.0635. The van der Waals surface area contributed by atoms with Crippen LogP contribution in [-0.4, -0.2) is 22.5 Å². The number of fused-ring (bicyclic) bond motifs is 1. The van der Waals surface area contributed by atoms with Gasteiger partial charge in [0.15, 0.2) is 5.13 Å². The van der Waals surface area contributed by atoms with E-state index in [9.17, 15) is 9.90 Å². The molecule has 19 heavy (non-hydrogen) atoms. The number of nitrogens with zero attached hydrogens (tertiary/aromatic N) is 1. The predicted molar refractivity (Wildman–Crippen MR) is 73.6 cm³/mol. The van der Waals surface area contributed by atoms with Crippen molar-refractivity contribution in [3.63, 3.8) is 0 Å². The number of phenols is 1. The molecule has 5 nitrogen and oxygen atoms in total. The minimum absolute atomic E-state index is 0.146. The number of nitrogens with one attached hydrogen (secondary N) is 2. The number of carbonyl (C=O) groups excluding carboxylic acids is 1. The molecule has 0 fully saturated rings. The van der Waals surface area contributed by atoms with Gasteiger partial charge in [-0.3, -0.25) is 10.1 Å². The zero-order valence-electron chi connectivity index (χ0n) is 10.1. The predicted octanol–water partition coefficient (Wildman–Crippen LogP) is 1.75. The van der Waals surface area contributed by atoms with E-state index in [1.54, 1.807) is 12.1 Å². The Hall–Kier alpha value is -1.92. The van der Waals surface area contributed by atoms with E-state index in [1.807, 2.05) is 0 Å². The van der Waals surface area contributed by atoms with Crippen LogP contribution in [0, 0.1) is 0 Å². The minimum Gasteiger partial charge on any atom is -0.508 e. The Labute approximate surface area is 114 Å². The van der Waals surface area contributed by atoms with Crippen LogP contribution in [0.2, 0.25) is 0 Å². The fourth-order valence-electron chi connectivity index (χ4n) is 1.96. The van der Waals surface area contributed by atoms with Gasteiger partial charge in [-0.1, -0.05) is 0 Å². The maximum absolute atomic E-state index is 12.0. The van der Waals surface area contributed by atoms with E-state index in [1.165, 1.54) is 28.3 Å². The van der Waals surface area contributed by atoms with Gasteiger partial charge in [-0.25, -0.2) is 4.98 Å². The van der Waals surface area contributed by atoms with Gasteiger partial charge in [-0.2, -0.15) is 0 Å². The Morgan fingerprint density at radius 3 is 2.89 bits per heavy atom. The Morgan fingerprint density at radius 1 is 1.37 bits per heavy atom. The molecular formula is C13H13N3O2S. The number of rotatable bonds is 2. The molecule has 1 aromatic carbocycles. The highest BCUT2D eigenvalue weighted by Crippen LogP contribution is 2.25. The van der Waals surface area contributed by atoms with Gasteiger partial charge in [-0.15, -0.1) is 11.3 Å². The standard InChI is InChI=1S/C13H13N3O2S/c17-9-3-1-8(2-4-9)12(18)16-13-15-10-5-6-14-7-11(10)19-13/h1-4,14,17H,5-7H2,(H,15,16,18). The van der Waals surface area contributed by atoms with Crippen LogP contribution in [0.1, 0.15) is 20.9 Å². The zero-order chi connectivity index (χ0) is 13.2. The van der Waals surface area contributed by atoms with Crippen molar-refractivity contribution in [2.24, 2.45) is 0 Å². The first-order valence-electron chi connectivity index (χ1n) is 6.02. The fraction of sp³-hybridized carbons (Fsp3) is 0.231. The first kappa shape index (κ1) is 12.1. The topological polar surface area (TPSA) is 74.2 Å². The molecule has 1 amide bonds. The van der Waals surface area contributed by atoms with E-state index < -0.39 is 0 Å². The van der Waals surface area contributed by atoms with Crippen LogP contribution in [0.5, 0.6) is 5.75 Å². The lowest BCUT2D eigenvalue weighted by atomic mass is 10.2. The SMILES string of the molecule is O=C(Nc1nc2c(s1)CNCC2)c1ccc(O)cc1. The quantitative estimate of drug-likeness (QED) is 0.780. The van der Waals surface area contributed by atoms with Crippen LogP contribution in [0.3, 0.4) is 0 Å². The molecular weight excluding hydrogens is 262 g/mol. The highest BCUT2D eigenvalue weighted by molar-refractivity contribution is 7.15. The number of hydrogen-bond acceptors (Lipinski definition) is 5. The number of anilines is 1. The van der Waals surface area contributed by atoms with E-state index in [4.69, 9.17) is 0 Å². The monoisotopic (exact) mass is 275 g/mol. The molecule has 0 saturated carbocycles. The molecule has 2 aromatic rings. The van der Waals surface area contributed by atoms with Gasteiger partial charge in [0.1, 0.15) is 5.75 Å².